The smallest absolute Gasteiger partial charge is 0.134 e. The monoisotopic (exact) mass is 351 g/mol. The lowest BCUT2D eigenvalue weighted by atomic mass is 9.95. The van der Waals surface area contributed by atoms with Gasteiger partial charge in [0, 0.05) is 18.7 Å². The molecule has 1 atom stereocenters. The highest BCUT2D eigenvalue weighted by molar-refractivity contribution is 5.71. The summed E-state index contributed by atoms with van der Waals surface area (Å²) in [5.41, 5.74) is 4.65. The lowest BCUT2D eigenvalue weighted by Crippen LogP contribution is -2.30. The molecule has 26 heavy (non-hydrogen) atoms. The highest BCUT2D eigenvalue weighted by Crippen LogP contribution is 2.35. The van der Waals surface area contributed by atoms with Crippen LogP contribution in [0.2, 0.25) is 0 Å². The standard InChI is InChI=1S/C21H22FN3O/c1-13(2)26-18-5-3-4-16(22)19(18)14-6-8-15(9-7-14)20-21-17(10-11-23-20)24-12-25-21/h3-9,12-13,20,23H,10-11H2,1-2H3,(H,24,25)/t20-/m0/s1. The lowest BCUT2D eigenvalue weighted by Gasteiger charge is -2.23. The fourth-order valence-electron chi connectivity index (χ4n) is 3.47. The van der Waals surface area contributed by atoms with Crippen molar-refractivity contribution in [2.75, 3.05) is 6.54 Å². The molecule has 0 saturated heterocycles. The number of imidazole rings is 1. The number of rotatable bonds is 4. The largest absolute Gasteiger partial charge is 0.490 e. The maximum Gasteiger partial charge on any atom is 0.134 e. The predicted molar refractivity (Wildman–Crippen MR) is 99.7 cm³/mol. The van der Waals surface area contributed by atoms with Gasteiger partial charge in [-0.3, -0.25) is 0 Å². The maximum absolute atomic E-state index is 14.5. The summed E-state index contributed by atoms with van der Waals surface area (Å²) < 4.78 is 20.3. The Morgan fingerprint density at radius 2 is 1.96 bits per heavy atom. The van der Waals surface area contributed by atoms with Crippen molar-refractivity contribution >= 4 is 0 Å². The normalized spacial score (nSPS) is 16.5. The van der Waals surface area contributed by atoms with Crippen LogP contribution in [-0.4, -0.2) is 22.6 Å². The van der Waals surface area contributed by atoms with Crippen molar-refractivity contribution in [2.24, 2.45) is 0 Å². The summed E-state index contributed by atoms with van der Waals surface area (Å²) in [4.78, 5) is 7.67. The first-order valence-electron chi connectivity index (χ1n) is 8.94. The molecule has 5 heteroatoms. The van der Waals surface area contributed by atoms with E-state index in [1.807, 2.05) is 44.2 Å². The third kappa shape index (κ3) is 3.10. The van der Waals surface area contributed by atoms with Gasteiger partial charge < -0.3 is 15.0 Å². The SMILES string of the molecule is CC(C)Oc1cccc(F)c1-c1ccc([C@@H]2NCCc3[nH]cnc32)cc1. The molecule has 0 unspecified atom stereocenters. The quantitative estimate of drug-likeness (QED) is 0.739. The zero-order valence-corrected chi connectivity index (χ0v) is 14.9. The Bertz CT molecular complexity index is 902. The van der Waals surface area contributed by atoms with E-state index < -0.39 is 0 Å². The average molecular weight is 351 g/mol. The topological polar surface area (TPSA) is 49.9 Å². The van der Waals surface area contributed by atoms with Crippen molar-refractivity contribution in [2.45, 2.75) is 32.4 Å². The van der Waals surface area contributed by atoms with Crippen molar-refractivity contribution in [3.05, 3.63) is 71.6 Å². The molecule has 1 aromatic heterocycles. The van der Waals surface area contributed by atoms with E-state index in [1.54, 1.807) is 12.4 Å². The summed E-state index contributed by atoms with van der Waals surface area (Å²) in [5.74, 6) is 0.291. The second-order valence-corrected chi connectivity index (χ2v) is 6.81. The van der Waals surface area contributed by atoms with Crippen molar-refractivity contribution in [3.8, 4) is 16.9 Å². The van der Waals surface area contributed by atoms with Crippen LogP contribution < -0.4 is 10.1 Å². The number of aromatic nitrogens is 2. The first-order chi connectivity index (χ1) is 12.6. The molecule has 2 aromatic carbocycles. The van der Waals surface area contributed by atoms with Crippen LogP contribution in [0.15, 0.2) is 48.8 Å². The molecule has 2 heterocycles. The van der Waals surface area contributed by atoms with E-state index in [9.17, 15) is 4.39 Å². The number of halogens is 1. The van der Waals surface area contributed by atoms with Gasteiger partial charge in [-0.2, -0.15) is 0 Å². The summed E-state index contributed by atoms with van der Waals surface area (Å²) in [6.45, 7) is 4.78. The molecular formula is C21H22FN3O. The number of nitrogens with one attached hydrogen (secondary N) is 2. The van der Waals surface area contributed by atoms with Crippen molar-refractivity contribution in [1.82, 2.24) is 15.3 Å². The Hall–Kier alpha value is -2.66. The first-order valence-corrected chi connectivity index (χ1v) is 8.94. The number of fused-ring (bicyclic) bond motifs is 1. The van der Waals surface area contributed by atoms with Gasteiger partial charge in [0.2, 0.25) is 0 Å². The molecule has 4 rings (SSSR count). The molecule has 4 nitrogen and oxygen atoms in total. The third-order valence-corrected chi connectivity index (χ3v) is 4.62. The van der Waals surface area contributed by atoms with Crippen molar-refractivity contribution in [3.63, 3.8) is 0 Å². The van der Waals surface area contributed by atoms with E-state index in [4.69, 9.17) is 4.74 Å². The van der Waals surface area contributed by atoms with E-state index in [0.717, 1.165) is 29.8 Å². The van der Waals surface area contributed by atoms with E-state index in [0.29, 0.717) is 11.3 Å². The van der Waals surface area contributed by atoms with Crippen LogP contribution >= 0.6 is 0 Å². The van der Waals surface area contributed by atoms with Crippen molar-refractivity contribution in [1.29, 1.82) is 0 Å². The molecule has 2 N–H and O–H groups in total. The highest BCUT2D eigenvalue weighted by atomic mass is 19.1. The van der Waals surface area contributed by atoms with Gasteiger partial charge in [0.15, 0.2) is 0 Å². The predicted octanol–water partition coefficient (Wildman–Crippen LogP) is 4.24. The molecule has 1 aliphatic heterocycles. The zero-order valence-electron chi connectivity index (χ0n) is 14.9. The minimum absolute atomic E-state index is 0.0145. The summed E-state index contributed by atoms with van der Waals surface area (Å²) in [5, 5.41) is 3.50. The van der Waals surface area contributed by atoms with Gasteiger partial charge in [-0.1, -0.05) is 30.3 Å². The molecule has 0 fully saturated rings. The summed E-state index contributed by atoms with van der Waals surface area (Å²) in [6, 6.07) is 13.0. The Balaban J connectivity index is 1.68. The van der Waals surface area contributed by atoms with Gasteiger partial charge in [-0.15, -0.1) is 0 Å². The maximum atomic E-state index is 14.5. The van der Waals surface area contributed by atoms with Crippen LogP contribution in [-0.2, 0) is 6.42 Å². The molecule has 134 valence electrons. The third-order valence-electron chi connectivity index (χ3n) is 4.62. The number of ether oxygens (including phenoxy) is 1. The number of aromatic amines is 1. The fraction of sp³-hybridized carbons (Fsp3) is 0.286. The number of hydrogen-bond acceptors (Lipinski definition) is 3. The Morgan fingerprint density at radius 1 is 1.15 bits per heavy atom. The van der Waals surface area contributed by atoms with Crippen LogP contribution in [0, 0.1) is 5.82 Å². The second-order valence-electron chi connectivity index (χ2n) is 6.81. The molecule has 3 aromatic rings. The zero-order chi connectivity index (χ0) is 18.1. The average Bonchev–Trinajstić information content (AvgIpc) is 3.10. The van der Waals surface area contributed by atoms with E-state index in [1.165, 1.54) is 11.8 Å². The molecule has 0 bridgehead atoms. The number of H-pyrrole nitrogens is 1. The molecule has 0 saturated carbocycles. The van der Waals surface area contributed by atoms with Gasteiger partial charge >= 0.3 is 0 Å². The Kier molecular flexibility index (Phi) is 4.47. The van der Waals surface area contributed by atoms with E-state index in [2.05, 4.69) is 15.3 Å². The van der Waals surface area contributed by atoms with Crippen molar-refractivity contribution < 1.29 is 9.13 Å². The highest BCUT2D eigenvalue weighted by Gasteiger charge is 2.24. The number of benzene rings is 2. The van der Waals surface area contributed by atoms with E-state index in [-0.39, 0.29) is 18.0 Å². The summed E-state index contributed by atoms with van der Waals surface area (Å²) in [6.07, 6.45) is 2.68. The first kappa shape index (κ1) is 16.8. The van der Waals surface area contributed by atoms with Gasteiger partial charge in [0.25, 0.3) is 0 Å². The fourth-order valence-corrected chi connectivity index (χ4v) is 3.47. The van der Waals surface area contributed by atoms with Crippen LogP contribution in [0.25, 0.3) is 11.1 Å². The number of hydrogen-bond donors (Lipinski definition) is 2. The Morgan fingerprint density at radius 3 is 2.73 bits per heavy atom. The van der Waals surface area contributed by atoms with Gasteiger partial charge in [-0.05, 0) is 37.1 Å². The van der Waals surface area contributed by atoms with E-state index >= 15 is 0 Å². The van der Waals surface area contributed by atoms with Crippen LogP contribution in [0.1, 0.15) is 36.8 Å². The minimum atomic E-state index is -0.277. The molecule has 1 aliphatic rings. The van der Waals surface area contributed by atoms with Gasteiger partial charge in [-0.25, -0.2) is 9.37 Å². The minimum Gasteiger partial charge on any atom is -0.490 e. The second kappa shape index (κ2) is 6.92. The van der Waals surface area contributed by atoms with Gasteiger partial charge in [0.1, 0.15) is 11.6 Å². The molecule has 0 aliphatic carbocycles. The van der Waals surface area contributed by atoms with Crippen LogP contribution in [0.4, 0.5) is 4.39 Å². The molecular weight excluding hydrogens is 329 g/mol. The lowest BCUT2D eigenvalue weighted by molar-refractivity contribution is 0.242. The molecule has 0 radical (unpaired) electrons. The van der Waals surface area contributed by atoms with Gasteiger partial charge in [0.05, 0.1) is 29.7 Å². The molecule has 0 amide bonds. The van der Waals surface area contributed by atoms with Crippen LogP contribution in [0.5, 0.6) is 5.75 Å². The number of nitrogens with zero attached hydrogens (tertiary/aromatic N) is 1. The Labute approximate surface area is 152 Å². The summed E-state index contributed by atoms with van der Waals surface area (Å²) >= 11 is 0. The van der Waals surface area contributed by atoms with Crippen LogP contribution in [0.3, 0.4) is 0 Å². The summed E-state index contributed by atoms with van der Waals surface area (Å²) in [7, 11) is 0. The molecule has 0 spiro atoms.